The Bertz CT molecular complexity index is 1600. The van der Waals surface area contributed by atoms with Gasteiger partial charge in [0.15, 0.2) is 11.5 Å². The van der Waals surface area contributed by atoms with Crippen molar-refractivity contribution in [1.82, 2.24) is 24.3 Å². The van der Waals surface area contributed by atoms with Gasteiger partial charge in [0, 0.05) is 43.5 Å². The first kappa shape index (κ1) is 25.2. The number of hydrogen-bond acceptors (Lipinski definition) is 7. The Hall–Kier alpha value is -4.12. The van der Waals surface area contributed by atoms with E-state index in [0.29, 0.717) is 61.0 Å². The molecule has 0 radical (unpaired) electrons. The second kappa shape index (κ2) is 9.57. The number of aromatic nitrogens is 5. The van der Waals surface area contributed by atoms with Crippen molar-refractivity contribution in [2.75, 3.05) is 23.3 Å². The van der Waals surface area contributed by atoms with Gasteiger partial charge in [0.1, 0.15) is 11.0 Å². The fraction of sp³-hybridized carbons (Fsp3) is 0.357. The van der Waals surface area contributed by atoms with Gasteiger partial charge in [-0.25, -0.2) is 28.1 Å². The molecule has 9 nitrogen and oxygen atoms in total. The average Bonchev–Trinajstić information content (AvgIpc) is 3.19. The van der Waals surface area contributed by atoms with Gasteiger partial charge in [0.2, 0.25) is 5.95 Å². The fourth-order valence-electron chi connectivity index (χ4n) is 5.09. The number of benzene rings is 1. The first-order chi connectivity index (χ1) is 18.7. The Balaban J connectivity index is 1.34. The summed E-state index contributed by atoms with van der Waals surface area (Å²) in [6.07, 6.45) is 6.21. The van der Waals surface area contributed by atoms with Crippen LogP contribution in [0.15, 0.2) is 65.6 Å². The molecule has 202 valence electrons. The Morgan fingerprint density at radius 2 is 1.77 bits per heavy atom. The van der Waals surface area contributed by atoms with Gasteiger partial charge in [-0.1, -0.05) is 18.2 Å². The highest BCUT2D eigenvalue weighted by Gasteiger charge is 2.34. The van der Waals surface area contributed by atoms with Crippen LogP contribution in [0.25, 0.3) is 16.9 Å². The lowest BCUT2D eigenvalue weighted by Crippen LogP contribution is -2.39. The number of rotatable bonds is 3. The molecule has 1 fully saturated rings. The van der Waals surface area contributed by atoms with Gasteiger partial charge in [-0.2, -0.15) is 4.98 Å². The number of anilines is 3. The van der Waals surface area contributed by atoms with Gasteiger partial charge in [-0.3, -0.25) is 4.79 Å². The van der Waals surface area contributed by atoms with Crippen LogP contribution in [0.4, 0.5) is 26.1 Å². The normalized spacial score (nSPS) is 21.7. The molecule has 3 aromatic heterocycles. The summed E-state index contributed by atoms with van der Waals surface area (Å²) in [6, 6.07) is 12.8. The van der Waals surface area contributed by atoms with Crippen molar-refractivity contribution in [2.45, 2.75) is 50.7 Å². The summed E-state index contributed by atoms with van der Waals surface area (Å²) in [5.74, 6) is -1.83. The molecule has 0 aliphatic carbocycles. The summed E-state index contributed by atoms with van der Waals surface area (Å²) in [4.78, 5) is 29.0. The summed E-state index contributed by atoms with van der Waals surface area (Å²) in [7, 11) is 0. The van der Waals surface area contributed by atoms with E-state index >= 15 is 0 Å². The highest BCUT2D eigenvalue weighted by Crippen LogP contribution is 2.31. The fourth-order valence-corrected chi connectivity index (χ4v) is 5.09. The number of halogens is 2. The molecule has 2 aliphatic rings. The Morgan fingerprint density at radius 1 is 1.00 bits per heavy atom. The average molecular weight is 534 g/mol. The van der Waals surface area contributed by atoms with E-state index in [0.717, 1.165) is 11.4 Å². The molecule has 2 N–H and O–H groups in total. The quantitative estimate of drug-likeness (QED) is 0.374. The lowest BCUT2D eigenvalue weighted by atomic mass is 9.95. The molecule has 0 spiro atoms. The van der Waals surface area contributed by atoms with E-state index in [1.54, 1.807) is 28.4 Å². The molecule has 4 aromatic rings. The zero-order valence-corrected chi connectivity index (χ0v) is 21.5. The van der Waals surface area contributed by atoms with Crippen LogP contribution in [0.5, 0.6) is 0 Å². The van der Waals surface area contributed by atoms with Gasteiger partial charge in [0.05, 0.1) is 12.2 Å². The molecule has 0 saturated carbocycles. The van der Waals surface area contributed by atoms with Gasteiger partial charge in [-0.15, -0.1) is 0 Å². The van der Waals surface area contributed by atoms with E-state index in [1.807, 2.05) is 47.4 Å². The topological polar surface area (TPSA) is 101 Å². The third-order valence-electron chi connectivity index (χ3n) is 7.41. The number of nitrogens with one attached hydrogen (secondary N) is 1. The number of fused-ring (bicyclic) bond motifs is 6. The number of aliphatic hydroxyl groups is 1. The van der Waals surface area contributed by atoms with E-state index < -0.39 is 11.5 Å². The van der Waals surface area contributed by atoms with Crippen LogP contribution < -0.4 is 15.8 Å². The SMILES string of the molecule is CC1(O)CC/C=C\Cn2c(=O)c3cnc(Nc4ccc(N5CCC(F)(F)CC5)cc4)nc3n2-c2cccc1n2. The van der Waals surface area contributed by atoms with E-state index in [9.17, 15) is 18.7 Å². The summed E-state index contributed by atoms with van der Waals surface area (Å²) in [6.45, 7) is 2.68. The highest BCUT2D eigenvalue weighted by atomic mass is 19.3. The van der Waals surface area contributed by atoms with Crippen LogP contribution in [0, 0.1) is 0 Å². The number of alkyl halides is 2. The third-order valence-corrected chi connectivity index (χ3v) is 7.41. The number of hydrogen-bond donors (Lipinski definition) is 2. The monoisotopic (exact) mass is 533 g/mol. The number of pyridine rings is 1. The molecule has 1 unspecified atom stereocenters. The summed E-state index contributed by atoms with van der Waals surface area (Å²) < 4.78 is 30.3. The van der Waals surface area contributed by atoms with Crippen LogP contribution in [0.3, 0.4) is 0 Å². The summed E-state index contributed by atoms with van der Waals surface area (Å²) in [5.41, 5.74) is 1.14. The molecule has 39 heavy (non-hydrogen) atoms. The van der Waals surface area contributed by atoms with E-state index in [1.165, 1.54) is 6.20 Å². The van der Waals surface area contributed by atoms with E-state index in [4.69, 9.17) is 4.98 Å². The molecule has 1 aromatic carbocycles. The lowest BCUT2D eigenvalue weighted by molar-refractivity contribution is -0.0220. The molecule has 0 amide bonds. The summed E-state index contributed by atoms with van der Waals surface area (Å²) in [5, 5.41) is 14.5. The van der Waals surface area contributed by atoms with Crippen molar-refractivity contribution in [3.63, 3.8) is 0 Å². The van der Waals surface area contributed by atoms with Crippen molar-refractivity contribution in [2.24, 2.45) is 0 Å². The minimum atomic E-state index is -2.59. The Kier molecular flexibility index (Phi) is 6.17. The van der Waals surface area contributed by atoms with Crippen molar-refractivity contribution in [3.8, 4) is 5.82 Å². The smallest absolute Gasteiger partial charge is 0.278 e. The highest BCUT2D eigenvalue weighted by molar-refractivity contribution is 5.77. The predicted molar refractivity (Wildman–Crippen MR) is 145 cm³/mol. The van der Waals surface area contributed by atoms with Crippen LogP contribution in [0.1, 0.15) is 38.3 Å². The Labute approximate surface area is 223 Å². The molecule has 1 saturated heterocycles. The van der Waals surface area contributed by atoms with Crippen LogP contribution in [-0.4, -0.2) is 48.4 Å². The van der Waals surface area contributed by atoms with Crippen molar-refractivity contribution >= 4 is 28.4 Å². The Morgan fingerprint density at radius 3 is 2.54 bits per heavy atom. The van der Waals surface area contributed by atoms with Crippen molar-refractivity contribution < 1.29 is 13.9 Å². The minimum Gasteiger partial charge on any atom is -0.384 e. The second-order valence-corrected chi connectivity index (χ2v) is 10.3. The molecule has 2 aliphatic heterocycles. The second-order valence-electron chi connectivity index (χ2n) is 10.3. The molecule has 11 heteroatoms. The van der Waals surface area contributed by atoms with Gasteiger partial charge in [-0.05, 0) is 56.2 Å². The van der Waals surface area contributed by atoms with Gasteiger partial charge < -0.3 is 15.3 Å². The molecular weight excluding hydrogens is 504 g/mol. The predicted octanol–water partition coefficient (Wildman–Crippen LogP) is 4.51. The van der Waals surface area contributed by atoms with Crippen LogP contribution >= 0.6 is 0 Å². The maximum atomic E-state index is 13.5. The molecule has 1 atom stereocenters. The van der Waals surface area contributed by atoms with Crippen molar-refractivity contribution in [3.05, 3.63) is 76.9 Å². The standard InChI is InChI=1S/C28H29F2N7O2/c1-27(39)12-3-2-4-15-36-25(38)21-18-31-26(34-24(21)37(36)23-7-5-6-22(27)33-23)32-19-8-10-20(11-9-19)35-16-13-28(29,30)14-17-35/h2,4-11,18,39H,3,12-17H2,1H3,(H,31,32,34)/b4-2-. The third kappa shape index (κ3) is 4.89. The zero-order valence-electron chi connectivity index (χ0n) is 21.5. The van der Waals surface area contributed by atoms with Crippen LogP contribution in [0.2, 0.25) is 0 Å². The number of allylic oxidation sites excluding steroid dienone is 2. The molecule has 5 heterocycles. The van der Waals surface area contributed by atoms with Gasteiger partial charge >= 0.3 is 0 Å². The first-order valence-corrected chi connectivity index (χ1v) is 13.0. The maximum Gasteiger partial charge on any atom is 0.278 e. The molecule has 2 bridgehead atoms. The van der Waals surface area contributed by atoms with Crippen molar-refractivity contribution in [1.29, 1.82) is 0 Å². The lowest BCUT2D eigenvalue weighted by Gasteiger charge is -2.33. The first-order valence-electron chi connectivity index (χ1n) is 13.0. The molecular formula is C28H29F2N7O2. The number of nitrogens with zero attached hydrogens (tertiary/aromatic N) is 6. The number of piperidine rings is 1. The van der Waals surface area contributed by atoms with Gasteiger partial charge in [0.25, 0.3) is 11.5 Å². The zero-order chi connectivity index (χ0) is 27.2. The van der Waals surface area contributed by atoms with E-state index in [-0.39, 0.29) is 18.4 Å². The largest absolute Gasteiger partial charge is 0.384 e. The minimum absolute atomic E-state index is 0.146. The van der Waals surface area contributed by atoms with Crippen LogP contribution in [-0.2, 0) is 12.1 Å². The van der Waals surface area contributed by atoms with E-state index in [2.05, 4.69) is 15.3 Å². The maximum absolute atomic E-state index is 13.5. The molecule has 6 rings (SSSR count). The summed E-state index contributed by atoms with van der Waals surface area (Å²) >= 11 is 0.